The number of hydrogen-bond donors (Lipinski definition) is 2. The third-order valence-electron chi connectivity index (χ3n) is 1.52. The van der Waals surface area contributed by atoms with E-state index in [9.17, 15) is 10.1 Å². The number of aliphatic hydroxyl groups is 1. The summed E-state index contributed by atoms with van der Waals surface area (Å²) in [7, 11) is 0. The van der Waals surface area contributed by atoms with Crippen LogP contribution in [0.5, 0.6) is 0 Å². The van der Waals surface area contributed by atoms with Crippen molar-refractivity contribution in [3.05, 3.63) is 33.3 Å². The van der Waals surface area contributed by atoms with Gasteiger partial charge in [-0.3, -0.25) is 10.1 Å². The van der Waals surface area contributed by atoms with Gasteiger partial charge in [0, 0.05) is 11.1 Å². The Labute approximate surface area is 85.5 Å². The van der Waals surface area contributed by atoms with Crippen LogP contribution in [0.4, 0.5) is 11.4 Å². The minimum Gasteiger partial charge on any atom is -0.374 e. The molecule has 76 valence electrons. The number of anilines is 1. The van der Waals surface area contributed by atoms with Crippen LogP contribution in [0.2, 0.25) is 5.02 Å². The van der Waals surface area contributed by atoms with Crippen molar-refractivity contribution in [2.24, 2.45) is 0 Å². The number of benzene rings is 1. The Hall–Kier alpha value is -1.33. The molecule has 0 spiro atoms. The van der Waals surface area contributed by atoms with Gasteiger partial charge in [0.25, 0.3) is 5.69 Å². The van der Waals surface area contributed by atoms with E-state index >= 15 is 0 Å². The highest BCUT2D eigenvalue weighted by molar-refractivity contribution is 6.30. The second kappa shape index (κ2) is 4.26. The van der Waals surface area contributed by atoms with Crippen molar-refractivity contribution < 1.29 is 10.0 Å². The van der Waals surface area contributed by atoms with Crippen LogP contribution in [-0.4, -0.2) is 16.3 Å². The van der Waals surface area contributed by atoms with E-state index < -0.39 is 11.2 Å². The van der Waals surface area contributed by atoms with Crippen LogP contribution in [0.25, 0.3) is 0 Å². The highest BCUT2D eigenvalue weighted by Crippen LogP contribution is 2.27. The van der Waals surface area contributed by atoms with Crippen LogP contribution in [0.15, 0.2) is 18.2 Å². The lowest BCUT2D eigenvalue weighted by atomic mass is 10.2. The number of nitrogens with one attached hydrogen (secondary N) is 1. The largest absolute Gasteiger partial charge is 0.374 e. The Morgan fingerprint density at radius 1 is 1.64 bits per heavy atom. The topological polar surface area (TPSA) is 75.4 Å². The molecule has 0 amide bonds. The first kappa shape index (κ1) is 10.7. The molecule has 1 unspecified atom stereocenters. The average Bonchev–Trinajstić information content (AvgIpc) is 2.07. The van der Waals surface area contributed by atoms with Gasteiger partial charge >= 0.3 is 0 Å². The summed E-state index contributed by atoms with van der Waals surface area (Å²) in [4.78, 5) is 10.0. The Bertz CT molecular complexity index is 354. The second-order valence-corrected chi connectivity index (χ2v) is 3.18. The predicted molar refractivity (Wildman–Crippen MR) is 53.4 cm³/mol. The van der Waals surface area contributed by atoms with Gasteiger partial charge < -0.3 is 10.4 Å². The summed E-state index contributed by atoms with van der Waals surface area (Å²) in [5.41, 5.74) is 0.0906. The van der Waals surface area contributed by atoms with Gasteiger partial charge in [0.15, 0.2) is 0 Å². The molecular formula is C8H9ClN2O3. The molecule has 2 N–H and O–H groups in total. The van der Waals surface area contributed by atoms with Gasteiger partial charge in [0.05, 0.1) is 4.92 Å². The first-order valence-corrected chi connectivity index (χ1v) is 4.27. The van der Waals surface area contributed by atoms with Crippen molar-refractivity contribution >= 4 is 23.0 Å². The number of halogens is 1. The molecule has 0 fully saturated rings. The molecule has 1 aromatic rings. The van der Waals surface area contributed by atoms with Crippen LogP contribution >= 0.6 is 11.6 Å². The summed E-state index contributed by atoms with van der Waals surface area (Å²) in [6, 6.07) is 4.19. The zero-order valence-corrected chi connectivity index (χ0v) is 8.15. The van der Waals surface area contributed by atoms with Crippen molar-refractivity contribution in [2.75, 3.05) is 5.32 Å². The second-order valence-electron chi connectivity index (χ2n) is 2.74. The van der Waals surface area contributed by atoms with E-state index in [-0.39, 0.29) is 16.4 Å². The quantitative estimate of drug-likeness (QED) is 0.460. The molecule has 0 saturated carbocycles. The van der Waals surface area contributed by atoms with E-state index in [1.54, 1.807) is 0 Å². The molecule has 5 nitrogen and oxygen atoms in total. The molecular weight excluding hydrogens is 208 g/mol. The van der Waals surface area contributed by atoms with Gasteiger partial charge in [-0.15, -0.1) is 0 Å². The van der Waals surface area contributed by atoms with Crippen molar-refractivity contribution in [1.29, 1.82) is 0 Å². The van der Waals surface area contributed by atoms with Crippen LogP contribution in [0.3, 0.4) is 0 Å². The summed E-state index contributed by atoms with van der Waals surface area (Å²) >= 11 is 5.60. The Balaban J connectivity index is 3.08. The van der Waals surface area contributed by atoms with Gasteiger partial charge in [0.1, 0.15) is 11.9 Å². The van der Waals surface area contributed by atoms with Crippen LogP contribution in [0, 0.1) is 10.1 Å². The van der Waals surface area contributed by atoms with Crippen molar-refractivity contribution in [2.45, 2.75) is 13.2 Å². The Morgan fingerprint density at radius 2 is 2.29 bits per heavy atom. The molecule has 0 aliphatic rings. The van der Waals surface area contributed by atoms with Gasteiger partial charge in [-0.25, -0.2) is 0 Å². The lowest BCUT2D eigenvalue weighted by molar-refractivity contribution is -0.384. The van der Waals surface area contributed by atoms with Gasteiger partial charge in [-0.1, -0.05) is 11.6 Å². The molecule has 0 heterocycles. The first-order valence-electron chi connectivity index (χ1n) is 3.89. The minimum absolute atomic E-state index is 0.154. The summed E-state index contributed by atoms with van der Waals surface area (Å²) < 4.78 is 0. The highest BCUT2D eigenvalue weighted by Gasteiger charge is 2.14. The molecule has 1 rings (SSSR count). The smallest absolute Gasteiger partial charge is 0.293 e. The van der Waals surface area contributed by atoms with E-state index in [1.807, 2.05) is 0 Å². The van der Waals surface area contributed by atoms with Crippen molar-refractivity contribution in [3.63, 3.8) is 0 Å². The molecule has 1 atom stereocenters. The van der Waals surface area contributed by atoms with Crippen molar-refractivity contribution in [3.8, 4) is 0 Å². The van der Waals surface area contributed by atoms with Gasteiger partial charge in [0.2, 0.25) is 0 Å². The molecule has 6 heteroatoms. The van der Waals surface area contributed by atoms with E-state index in [1.165, 1.54) is 25.1 Å². The number of nitro groups is 1. The fourth-order valence-electron chi connectivity index (χ4n) is 1.00. The molecule has 0 aliphatic heterocycles. The number of aliphatic hydroxyl groups excluding tert-OH is 1. The maximum atomic E-state index is 10.6. The number of nitro benzene ring substituents is 1. The van der Waals surface area contributed by atoms with E-state index in [2.05, 4.69) is 5.32 Å². The lowest BCUT2D eigenvalue weighted by Gasteiger charge is -2.09. The molecule has 0 aliphatic carbocycles. The zero-order chi connectivity index (χ0) is 10.7. The summed E-state index contributed by atoms with van der Waals surface area (Å²) in [5.74, 6) is 0. The van der Waals surface area contributed by atoms with E-state index in [0.717, 1.165) is 0 Å². The number of nitrogens with zero attached hydrogens (tertiary/aromatic N) is 1. The maximum absolute atomic E-state index is 10.6. The molecule has 1 aromatic carbocycles. The normalized spacial score (nSPS) is 12.2. The molecule has 0 bridgehead atoms. The predicted octanol–water partition coefficient (Wildman–Crippen LogP) is 2.00. The third kappa shape index (κ3) is 2.58. The standard InChI is InChI=1S/C8H9ClN2O3/c1-5(12)10-7-3-2-6(9)4-8(7)11(13)14/h2-5,10,12H,1H3. The summed E-state index contributed by atoms with van der Waals surface area (Å²) in [6.07, 6.45) is -0.852. The van der Waals surface area contributed by atoms with E-state index in [4.69, 9.17) is 16.7 Å². The fourth-order valence-corrected chi connectivity index (χ4v) is 1.17. The molecule has 0 saturated heterocycles. The Morgan fingerprint density at radius 3 is 2.79 bits per heavy atom. The summed E-state index contributed by atoms with van der Waals surface area (Å²) in [5, 5.41) is 22.4. The van der Waals surface area contributed by atoms with Crippen LogP contribution in [-0.2, 0) is 0 Å². The monoisotopic (exact) mass is 216 g/mol. The number of hydrogen-bond acceptors (Lipinski definition) is 4. The van der Waals surface area contributed by atoms with E-state index in [0.29, 0.717) is 0 Å². The molecule has 14 heavy (non-hydrogen) atoms. The van der Waals surface area contributed by atoms with Gasteiger partial charge in [-0.2, -0.15) is 0 Å². The Kier molecular flexibility index (Phi) is 3.27. The maximum Gasteiger partial charge on any atom is 0.293 e. The summed E-state index contributed by atoms with van der Waals surface area (Å²) in [6.45, 7) is 1.47. The highest BCUT2D eigenvalue weighted by atomic mass is 35.5. The first-order chi connectivity index (χ1) is 6.50. The number of rotatable bonds is 3. The zero-order valence-electron chi connectivity index (χ0n) is 7.40. The van der Waals surface area contributed by atoms with Crippen LogP contribution in [0.1, 0.15) is 6.92 Å². The van der Waals surface area contributed by atoms with Crippen LogP contribution < -0.4 is 5.32 Å². The minimum atomic E-state index is -0.852. The fraction of sp³-hybridized carbons (Fsp3) is 0.250. The molecule has 0 radical (unpaired) electrons. The van der Waals surface area contributed by atoms with Crippen molar-refractivity contribution in [1.82, 2.24) is 0 Å². The third-order valence-corrected chi connectivity index (χ3v) is 1.76. The average molecular weight is 217 g/mol. The van der Waals surface area contributed by atoms with Gasteiger partial charge in [-0.05, 0) is 19.1 Å². The lowest BCUT2D eigenvalue weighted by Crippen LogP contribution is -2.14. The molecule has 0 aromatic heterocycles. The SMILES string of the molecule is CC(O)Nc1ccc(Cl)cc1[N+](=O)[O-].